The first-order valence-electron chi connectivity index (χ1n) is 10.4. The van der Waals surface area contributed by atoms with Gasteiger partial charge in [0.25, 0.3) is 5.91 Å². The zero-order valence-electron chi connectivity index (χ0n) is 18.4. The van der Waals surface area contributed by atoms with Gasteiger partial charge in [-0.25, -0.2) is 17.6 Å². The monoisotopic (exact) mass is 528 g/mol. The van der Waals surface area contributed by atoms with Crippen molar-refractivity contribution < 1.29 is 35.5 Å². The molecule has 35 heavy (non-hydrogen) atoms. The van der Waals surface area contributed by atoms with Crippen molar-refractivity contribution >= 4 is 39.6 Å². The molecule has 3 amide bonds. The van der Waals surface area contributed by atoms with Gasteiger partial charge in [-0.1, -0.05) is 23.7 Å². The number of nitrogens with zero attached hydrogens (tertiary/aromatic N) is 2. The van der Waals surface area contributed by atoms with Gasteiger partial charge in [-0.2, -0.15) is 8.42 Å². The predicted molar refractivity (Wildman–Crippen MR) is 122 cm³/mol. The molecule has 2 heterocycles. The summed E-state index contributed by atoms with van der Waals surface area (Å²) in [6.45, 7) is 1.52. The van der Waals surface area contributed by atoms with Gasteiger partial charge in [0.05, 0.1) is 5.69 Å². The first-order valence-corrected chi connectivity index (χ1v) is 12.1. The van der Waals surface area contributed by atoms with Crippen molar-refractivity contribution in [1.82, 2.24) is 9.80 Å². The van der Waals surface area contributed by atoms with Gasteiger partial charge in [-0.3, -0.25) is 9.69 Å². The third-order valence-corrected chi connectivity index (χ3v) is 6.76. The predicted octanol–water partition coefficient (Wildman–Crippen LogP) is 2.03. The summed E-state index contributed by atoms with van der Waals surface area (Å²) in [5.41, 5.74) is 4.37. The molecule has 2 aromatic carbocycles. The van der Waals surface area contributed by atoms with E-state index >= 15 is 0 Å². The molecule has 4 rings (SSSR count). The van der Waals surface area contributed by atoms with Gasteiger partial charge < -0.3 is 20.7 Å². The van der Waals surface area contributed by atoms with Crippen LogP contribution in [0.5, 0.6) is 5.75 Å². The molecule has 0 spiro atoms. The standard InChI is InChI=1S/C21H22ClFN4O7S/c1-21-19(33-35(30,31)34-21)26(11-13-2-5-15(23)6-3-13)8-9-27(21)18(28)12-32-17-7-4-14(22)10-16(17)25-20(24)29/h2-7,10,19H,8-9,11-12H2,1H3,(H3,24,25,29)/t19?,21-/m1/s1. The summed E-state index contributed by atoms with van der Waals surface area (Å²) in [4.78, 5) is 27.3. The minimum atomic E-state index is -4.39. The number of carbonyl (C=O) groups is 2. The van der Waals surface area contributed by atoms with Crippen molar-refractivity contribution in [3.63, 3.8) is 0 Å². The van der Waals surface area contributed by atoms with Crippen LogP contribution < -0.4 is 15.8 Å². The van der Waals surface area contributed by atoms with Gasteiger partial charge >= 0.3 is 16.4 Å². The van der Waals surface area contributed by atoms with Gasteiger partial charge in [0.2, 0.25) is 5.72 Å². The second kappa shape index (κ2) is 9.59. The molecule has 2 fully saturated rings. The third kappa shape index (κ3) is 5.49. The van der Waals surface area contributed by atoms with E-state index in [4.69, 9.17) is 30.4 Å². The molecule has 2 aromatic rings. The number of halogens is 2. The summed E-state index contributed by atoms with van der Waals surface area (Å²) in [6, 6.07) is 9.25. The van der Waals surface area contributed by atoms with Crippen molar-refractivity contribution in [1.29, 1.82) is 0 Å². The number of carbonyl (C=O) groups excluding carboxylic acids is 2. The Bertz CT molecular complexity index is 1250. The number of nitrogens with two attached hydrogens (primary N) is 1. The fraction of sp³-hybridized carbons (Fsp3) is 0.333. The van der Waals surface area contributed by atoms with Crippen molar-refractivity contribution in [2.45, 2.75) is 25.4 Å². The zero-order valence-corrected chi connectivity index (χ0v) is 20.0. The number of piperazine rings is 1. The fourth-order valence-corrected chi connectivity index (χ4v) is 5.37. The highest BCUT2D eigenvalue weighted by Crippen LogP contribution is 2.39. The summed E-state index contributed by atoms with van der Waals surface area (Å²) in [7, 11) is -4.39. The molecule has 2 aliphatic rings. The van der Waals surface area contributed by atoms with E-state index in [1.54, 1.807) is 17.0 Å². The molecule has 2 saturated heterocycles. The Kier molecular flexibility index (Phi) is 6.88. The van der Waals surface area contributed by atoms with E-state index in [0.717, 1.165) is 5.56 Å². The average molecular weight is 529 g/mol. The maximum atomic E-state index is 13.3. The Morgan fingerprint density at radius 2 is 1.97 bits per heavy atom. The number of fused-ring (bicyclic) bond motifs is 1. The number of hydrogen-bond acceptors (Lipinski definition) is 8. The topological polar surface area (TPSA) is 140 Å². The first kappa shape index (κ1) is 25.1. The molecule has 1 unspecified atom stereocenters. The van der Waals surface area contributed by atoms with Crippen LogP contribution in [0.4, 0.5) is 14.9 Å². The van der Waals surface area contributed by atoms with E-state index in [-0.39, 0.29) is 31.1 Å². The minimum Gasteiger partial charge on any atom is -0.482 e. The lowest BCUT2D eigenvalue weighted by Crippen LogP contribution is -2.67. The highest BCUT2D eigenvalue weighted by molar-refractivity contribution is 7.82. The van der Waals surface area contributed by atoms with Crippen molar-refractivity contribution in [2.24, 2.45) is 5.73 Å². The highest BCUT2D eigenvalue weighted by Gasteiger charge is 2.60. The molecule has 2 aliphatic heterocycles. The molecular weight excluding hydrogens is 507 g/mol. The second-order valence-electron chi connectivity index (χ2n) is 8.06. The Morgan fingerprint density at radius 3 is 2.66 bits per heavy atom. The third-order valence-electron chi connectivity index (χ3n) is 5.57. The lowest BCUT2D eigenvalue weighted by atomic mass is 10.1. The molecule has 0 saturated carbocycles. The number of anilines is 1. The lowest BCUT2D eigenvalue weighted by molar-refractivity contribution is -0.191. The van der Waals surface area contributed by atoms with Crippen molar-refractivity contribution in [3.05, 3.63) is 58.9 Å². The zero-order chi connectivity index (χ0) is 25.4. The van der Waals surface area contributed by atoms with Gasteiger partial charge in [-0.05, 0) is 42.8 Å². The highest BCUT2D eigenvalue weighted by atomic mass is 35.5. The van der Waals surface area contributed by atoms with Crippen LogP contribution in [0, 0.1) is 5.82 Å². The summed E-state index contributed by atoms with van der Waals surface area (Å²) in [6.07, 6.45) is -1.14. The molecular formula is C21H22ClFN4O7S. The Balaban J connectivity index is 1.51. The van der Waals surface area contributed by atoms with Crippen molar-refractivity contribution in [2.75, 3.05) is 25.0 Å². The van der Waals surface area contributed by atoms with Crippen LogP contribution in [0.2, 0.25) is 5.02 Å². The fourth-order valence-electron chi connectivity index (χ4n) is 4.05. The van der Waals surface area contributed by atoms with Crippen molar-refractivity contribution in [3.8, 4) is 5.75 Å². The number of urea groups is 1. The first-order chi connectivity index (χ1) is 16.5. The van der Waals surface area contributed by atoms with Gasteiger partial charge in [0.15, 0.2) is 12.8 Å². The maximum Gasteiger partial charge on any atom is 0.404 e. The smallest absolute Gasteiger partial charge is 0.404 e. The minimum absolute atomic E-state index is 0.0995. The van der Waals surface area contributed by atoms with Gasteiger partial charge in [0, 0.05) is 24.7 Å². The Labute approximate surface area is 205 Å². The molecule has 2 atom stereocenters. The largest absolute Gasteiger partial charge is 0.482 e. The number of hydrogen-bond donors (Lipinski definition) is 2. The van der Waals surface area contributed by atoms with Gasteiger partial charge in [0.1, 0.15) is 11.6 Å². The summed E-state index contributed by atoms with van der Waals surface area (Å²) in [5, 5.41) is 2.66. The van der Waals surface area contributed by atoms with Crippen LogP contribution in [0.25, 0.3) is 0 Å². The molecule has 3 N–H and O–H groups in total. The summed E-state index contributed by atoms with van der Waals surface area (Å²) >= 11 is 5.94. The number of rotatable bonds is 6. The van der Waals surface area contributed by atoms with E-state index in [0.29, 0.717) is 5.02 Å². The van der Waals surface area contributed by atoms with E-state index in [2.05, 4.69) is 5.32 Å². The Morgan fingerprint density at radius 1 is 1.26 bits per heavy atom. The number of amides is 3. The SMILES string of the molecule is C[C@@]12OS(=O)(=O)OC1N(Cc1ccc(F)cc1)CCN2C(=O)COc1ccc(Cl)cc1NC(N)=O. The molecule has 14 heteroatoms. The molecule has 0 aliphatic carbocycles. The summed E-state index contributed by atoms with van der Waals surface area (Å²) in [5.74, 6) is -0.846. The molecule has 188 valence electrons. The van der Waals surface area contributed by atoms with Crippen LogP contribution in [0.1, 0.15) is 12.5 Å². The van der Waals surface area contributed by atoms with E-state index in [1.807, 2.05) is 0 Å². The molecule has 11 nitrogen and oxygen atoms in total. The van der Waals surface area contributed by atoms with E-state index in [1.165, 1.54) is 42.2 Å². The number of ether oxygens (including phenoxy) is 1. The van der Waals surface area contributed by atoms with Crippen LogP contribution in [0.15, 0.2) is 42.5 Å². The average Bonchev–Trinajstić information content (AvgIpc) is 3.03. The van der Waals surface area contributed by atoms with Gasteiger partial charge in [-0.15, -0.1) is 0 Å². The quantitative estimate of drug-likeness (QED) is 0.580. The summed E-state index contributed by atoms with van der Waals surface area (Å²) < 4.78 is 53.7. The Hall–Kier alpha value is -2.97. The van der Waals surface area contributed by atoms with Crippen LogP contribution in [0.3, 0.4) is 0 Å². The lowest BCUT2D eigenvalue weighted by Gasteiger charge is -2.47. The van der Waals surface area contributed by atoms with E-state index < -0.39 is 46.7 Å². The van der Waals surface area contributed by atoms with E-state index in [9.17, 15) is 22.4 Å². The maximum absolute atomic E-state index is 13.3. The number of benzene rings is 2. The number of nitrogens with one attached hydrogen (secondary N) is 1. The molecule has 0 aromatic heterocycles. The number of primary amides is 1. The molecule has 0 bridgehead atoms. The van der Waals surface area contributed by atoms with Crippen LogP contribution in [-0.2, 0) is 30.1 Å². The van der Waals surface area contributed by atoms with Crippen LogP contribution in [-0.4, -0.2) is 61.8 Å². The normalized spacial score (nSPS) is 23.5. The molecule has 0 radical (unpaired) electrons. The van der Waals surface area contributed by atoms with Crippen LogP contribution >= 0.6 is 11.6 Å². The second-order valence-corrected chi connectivity index (χ2v) is 9.67.